The average molecular weight is 374 g/mol. The van der Waals surface area contributed by atoms with Crippen LogP contribution in [0.25, 0.3) is 0 Å². The van der Waals surface area contributed by atoms with E-state index >= 15 is 0 Å². The van der Waals surface area contributed by atoms with Gasteiger partial charge in [-0.15, -0.1) is 24.8 Å². The van der Waals surface area contributed by atoms with Gasteiger partial charge in [-0.3, -0.25) is 9.69 Å². The molecule has 0 bridgehead atoms. The number of hydrogen-bond donors (Lipinski definition) is 1. The zero-order chi connectivity index (χ0) is 15.5. The fraction of sp³-hybridized carbons (Fsp3) is 0.400. The summed E-state index contributed by atoms with van der Waals surface area (Å²) in [6.45, 7) is 5.38. The fourth-order valence-electron chi connectivity index (χ4n) is 2.57. The van der Waals surface area contributed by atoms with Gasteiger partial charge in [0.1, 0.15) is 0 Å². The third-order valence-corrected chi connectivity index (χ3v) is 3.73. The number of aryl methyl sites for hydroxylation is 1. The molecular weight excluding hydrogens is 353 g/mol. The molecular formula is C15H21Cl2N5O2. The molecule has 3 rings (SSSR count). The lowest BCUT2D eigenvalue weighted by Crippen LogP contribution is -2.48. The van der Waals surface area contributed by atoms with Crippen molar-refractivity contribution in [2.75, 3.05) is 31.9 Å². The van der Waals surface area contributed by atoms with E-state index in [4.69, 9.17) is 10.3 Å². The number of nitrogens with zero attached hydrogens (tertiary/aromatic N) is 4. The smallest absolute Gasteiger partial charge is 0.254 e. The van der Waals surface area contributed by atoms with E-state index in [1.807, 2.05) is 4.90 Å². The number of halogens is 2. The minimum Gasteiger partial charge on any atom is -0.399 e. The molecule has 2 aromatic rings. The molecule has 1 saturated heterocycles. The molecule has 2 N–H and O–H groups in total. The van der Waals surface area contributed by atoms with Crippen molar-refractivity contribution in [1.82, 2.24) is 19.9 Å². The maximum absolute atomic E-state index is 12.4. The van der Waals surface area contributed by atoms with Gasteiger partial charge >= 0.3 is 0 Å². The Morgan fingerprint density at radius 2 is 1.96 bits per heavy atom. The van der Waals surface area contributed by atoms with Crippen molar-refractivity contribution < 1.29 is 9.32 Å². The molecule has 0 saturated carbocycles. The second kappa shape index (κ2) is 8.86. The number of carbonyl (C=O) groups excluding carboxylic acids is 1. The molecule has 1 aromatic carbocycles. The van der Waals surface area contributed by atoms with Crippen LogP contribution in [0.3, 0.4) is 0 Å². The van der Waals surface area contributed by atoms with E-state index < -0.39 is 0 Å². The number of benzene rings is 1. The summed E-state index contributed by atoms with van der Waals surface area (Å²) in [5.74, 6) is 1.29. The van der Waals surface area contributed by atoms with Crippen molar-refractivity contribution >= 4 is 36.4 Å². The Bertz CT molecular complexity index is 671. The monoisotopic (exact) mass is 373 g/mol. The van der Waals surface area contributed by atoms with Gasteiger partial charge in [0, 0.05) is 44.4 Å². The van der Waals surface area contributed by atoms with Crippen LogP contribution in [0.15, 0.2) is 28.8 Å². The number of rotatable bonds is 3. The molecule has 2 heterocycles. The third kappa shape index (κ3) is 4.83. The molecule has 132 valence electrons. The van der Waals surface area contributed by atoms with E-state index in [1.165, 1.54) is 0 Å². The van der Waals surface area contributed by atoms with Crippen LogP contribution in [0, 0.1) is 6.92 Å². The molecule has 1 amide bonds. The fourth-order valence-corrected chi connectivity index (χ4v) is 2.57. The van der Waals surface area contributed by atoms with Gasteiger partial charge in [-0.1, -0.05) is 11.2 Å². The van der Waals surface area contributed by atoms with Crippen molar-refractivity contribution in [2.45, 2.75) is 13.5 Å². The van der Waals surface area contributed by atoms with Crippen molar-refractivity contribution in [1.29, 1.82) is 0 Å². The first-order valence-electron chi connectivity index (χ1n) is 7.28. The molecule has 7 nitrogen and oxygen atoms in total. The molecule has 1 fully saturated rings. The summed E-state index contributed by atoms with van der Waals surface area (Å²) >= 11 is 0. The van der Waals surface area contributed by atoms with Crippen molar-refractivity contribution in [2.24, 2.45) is 0 Å². The quantitative estimate of drug-likeness (QED) is 0.824. The second-order valence-corrected chi connectivity index (χ2v) is 5.42. The van der Waals surface area contributed by atoms with Crippen LogP contribution in [-0.4, -0.2) is 52.0 Å². The van der Waals surface area contributed by atoms with Crippen molar-refractivity contribution in [3.63, 3.8) is 0 Å². The molecule has 1 aliphatic rings. The Morgan fingerprint density at radius 1 is 1.25 bits per heavy atom. The predicted molar refractivity (Wildman–Crippen MR) is 95.6 cm³/mol. The molecule has 0 spiro atoms. The van der Waals surface area contributed by atoms with Crippen LogP contribution >= 0.6 is 24.8 Å². The van der Waals surface area contributed by atoms with Gasteiger partial charge in [0.15, 0.2) is 5.82 Å². The summed E-state index contributed by atoms with van der Waals surface area (Å²) < 4.78 is 4.97. The Balaban J connectivity index is 0.00000144. The van der Waals surface area contributed by atoms with Crippen molar-refractivity contribution in [3.8, 4) is 0 Å². The molecule has 0 atom stereocenters. The molecule has 1 aromatic heterocycles. The standard InChI is InChI=1S/C15H19N5O2.2ClH/c1-11-17-14(18-22-11)10-19-5-7-20(8-6-19)15(21)12-3-2-4-13(16)9-12;;/h2-4,9H,5-8,10,16H2,1H3;2*1H. The molecule has 0 unspecified atom stereocenters. The van der Waals surface area contributed by atoms with E-state index in [0.717, 1.165) is 13.1 Å². The van der Waals surface area contributed by atoms with Crippen LogP contribution in [0.5, 0.6) is 0 Å². The van der Waals surface area contributed by atoms with E-state index in [1.54, 1.807) is 31.2 Å². The molecule has 9 heteroatoms. The summed E-state index contributed by atoms with van der Waals surface area (Å²) in [5.41, 5.74) is 6.98. The molecule has 1 aliphatic heterocycles. The summed E-state index contributed by atoms with van der Waals surface area (Å²) in [6, 6.07) is 7.10. The van der Waals surface area contributed by atoms with Gasteiger partial charge in [-0.05, 0) is 18.2 Å². The van der Waals surface area contributed by atoms with Crippen LogP contribution in [-0.2, 0) is 6.54 Å². The van der Waals surface area contributed by atoms with Gasteiger partial charge < -0.3 is 15.2 Å². The Morgan fingerprint density at radius 3 is 2.54 bits per heavy atom. The third-order valence-electron chi connectivity index (χ3n) is 3.73. The van der Waals surface area contributed by atoms with Gasteiger partial charge in [-0.25, -0.2) is 0 Å². The Hall–Kier alpha value is -1.83. The van der Waals surface area contributed by atoms with E-state index in [2.05, 4.69) is 15.0 Å². The SMILES string of the molecule is Cc1nc(CN2CCN(C(=O)c3cccc(N)c3)CC2)no1.Cl.Cl. The van der Waals surface area contributed by atoms with Gasteiger partial charge in [0.2, 0.25) is 5.89 Å². The average Bonchev–Trinajstić information content (AvgIpc) is 2.92. The first-order valence-corrected chi connectivity index (χ1v) is 7.28. The lowest BCUT2D eigenvalue weighted by molar-refractivity contribution is 0.0624. The van der Waals surface area contributed by atoms with Gasteiger partial charge in [0.05, 0.1) is 6.54 Å². The highest BCUT2D eigenvalue weighted by Crippen LogP contribution is 2.13. The molecule has 0 aliphatic carbocycles. The largest absolute Gasteiger partial charge is 0.399 e. The van der Waals surface area contributed by atoms with Crippen LogP contribution in [0.1, 0.15) is 22.1 Å². The molecule has 24 heavy (non-hydrogen) atoms. The van der Waals surface area contributed by atoms with Crippen LogP contribution in [0.2, 0.25) is 0 Å². The number of nitrogen functional groups attached to an aromatic ring is 1. The zero-order valence-corrected chi connectivity index (χ0v) is 15.0. The zero-order valence-electron chi connectivity index (χ0n) is 13.3. The minimum absolute atomic E-state index is 0. The number of anilines is 1. The second-order valence-electron chi connectivity index (χ2n) is 5.42. The summed E-state index contributed by atoms with van der Waals surface area (Å²) in [5, 5.41) is 3.90. The van der Waals surface area contributed by atoms with E-state index in [9.17, 15) is 4.79 Å². The van der Waals surface area contributed by atoms with E-state index in [0.29, 0.717) is 42.6 Å². The Kier molecular flexibility index (Phi) is 7.47. The summed E-state index contributed by atoms with van der Waals surface area (Å²) in [4.78, 5) is 20.7. The minimum atomic E-state index is 0. The number of piperazine rings is 1. The first-order chi connectivity index (χ1) is 10.6. The highest BCUT2D eigenvalue weighted by atomic mass is 35.5. The van der Waals surface area contributed by atoms with Crippen LogP contribution < -0.4 is 5.73 Å². The molecule has 0 radical (unpaired) electrons. The number of carbonyl (C=O) groups is 1. The lowest BCUT2D eigenvalue weighted by atomic mass is 10.1. The maximum atomic E-state index is 12.4. The van der Waals surface area contributed by atoms with E-state index in [-0.39, 0.29) is 30.7 Å². The lowest BCUT2D eigenvalue weighted by Gasteiger charge is -2.34. The highest BCUT2D eigenvalue weighted by Gasteiger charge is 2.23. The Labute approximate surface area is 153 Å². The van der Waals surface area contributed by atoms with Crippen molar-refractivity contribution in [3.05, 3.63) is 41.5 Å². The van der Waals surface area contributed by atoms with Gasteiger partial charge in [0.25, 0.3) is 5.91 Å². The number of nitrogens with two attached hydrogens (primary N) is 1. The summed E-state index contributed by atoms with van der Waals surface area (Å²) in [7, 11) is 0. The normalized spacial score (nSPS) is 14.6. The number of aromatic nitrogens is 2. The topological polar surface area (TPSA) is 88.5 Å². The first kappa shape index (κ1) is 20.2. The van der Waals surface area contributed by atoms with Gasteiger partial charge in [-0.2, -0.15) is 4.98 Å². The highest BCUT2D eigenvalue weighted by molar-refractivity contribution is 5.95. The summed E-state index contributed by atoms with van der Waals surface area (Å²) in [6.07, 6.45) is 0. The predicted octanol–water partition coefficient (Wildman–Crippen LogP) is 1.76. The number of hydrogen-bond acceptors (Lipinski definition) is 6. The maximum Gasteiger partial charge on any atom is 0.254 e. The van der Waals surface area contributed by atoms with Crippen LogP contribution in [0.4, 0.5) is 5.69 Å². The number of amides is 1.